The SMILES string of the molecule is CC(c1cccs1)N(C)c1nc2sccn2c1CBr. The molecule has 0 saturated carbocycles. The molecule has 3 aromatic rings. The minimum atomic E-state index is 0.336. The van der Waals surface area contributed by atoms with Crippen LogP contribution in [0.25, 0.3) is 4.96 Å². The van der Waals surface area contributed by atoms with Crippen LogP contribution in [0.1, 0.15) is 23.5 Å². The second-order valence-corrected chi connectivity index (χ2v) is 6.79. The van der Waals surface area contributed by atoms with Gasteiger partial charge < -0.3 is 4.90 Å². The van der Waals surface area contributed by atoms with E-state index < -0.39 is 0 Å². The molecule has 0 fully saturated rings. The molecule has 3 nitrogen and oxygen atoms in total. The molecule has 100 valence electrons. The van der Waals surface area contributed by atoms with Crippen LogP contribution >= 0.6 is 38.6 Å². The smallest absolute Gasteiger partial charge is 0.195 e. The summed E-state index contributed by atoms with van der Waals surface area (Å²) in [6, 6.07) is 4.61. The molecule has 19 heavy (non-hydrogen) atoms. The van der Waals surface area contributed by atoms with Crippen molar-refractivity contribution in [3.8, 4) is 0 Å². The molecule has 0 saturated heterocycles. The van der Waals surface area contributed by atoms with Gasteiger partial charge in [0.25, 0.3) is 0 Å². The third kappa shape index (κ3) is 2.22. The quantitative estimate of drug-likeness (QED) is 0.640. The normalized spacial score (nSPS) is 13.0. The number of imidazole rings is 1. The lowest BCUT2D eigenvalue weighted by molar-refractivity contribution is 0.741. The number of halogens is 1. The molecule has 0 aliphatic rings. The first-order valence-electron chi connectivity index (χ1n) is 5.99. The molecule has 0 aliphatic heterocycles. The summed E-state index contributed by atoms with van der Waals surface area (Å²) >= 11 is 7.04. The highest BCUT2D eigenvalue weighted by Crippen LogP contribution is 2.32. The number of fused-ring (bicyclic) bond motifs is 1. The summed E-state index contributed by atoms with van der Waals surface area (Å²) in [5.74, 6) is 1.06. The van der Waals surface area contributed by atoms with E-state index in [0.29, 0.717) is 6.04 Å². The molecular weight excluding hydrogens is 342 g/mol. The van der Waals surface area contributed by atoms with Crippen LogP contribution in [0.2, 0.25) is 0 Å². The Kier molecular flexibility index (Phi) is 3.64. The van der Waals surface area contributed by atoms with Crippen molar-refractivity contribution in [2.24, 2.45) is 0 Å². The molecule has 3 rings (SSSR count). The third-order valence-electron chi connectivity index (χ3n) is 3.34. The molecule has 0 aromatic carbocycles. The molecule has 0 radical (unpaired) electrons. The van der Waals surface area contributed by atoms with Crippen LogP contribution in [0.3, 0.4) is 0 Å². The van der Waals surface area contributed by atoms with Crippen molar-refractivity contribution in [1.82, 2.24) is 9.38 Å². The fraction of sp³-hybridized carbons (Fsp3) is 0.308. The Morgan fingerprint density at radius 3 is 2.95 bits per heavy atom. The summed E-state index contributed by atoms with van der Waals surface area (Å²) in [4.78, 5) is 9.42. The number of nitrogens with zero attached hydrogens (tertiary/aromatic N) is 3. The van der Waals surface area contributed by atoms with Gasteiger partial charge in [-0.15, -0.1) is 22.7 Å². The zero-order valence-corrected chi connectivity index (χ0v) is 13.9. The molecular formula is C13H14BrN3S2. The van der Waals surface area contributed by atoms with Crippen LogP contribution < -0.4 is 4.90 Å². The minimum Gasteiger partial charge on any atom is -0.351 e. The van der Waals surface area contributed by atoms with Gasteiger partial charge in [0.2, 0.25) is 0 Å². The first-order valence-corrected chi connectivity index (χ1v) is 8.87. The maximum atomic E-state index is 4.76. The number of thiazole rings is 1. The van der Waals surface area contributed by atoms with Gasteiger partial charge in [-0.1, -0.05) is 22.0 Å². The average molecular weight is 356 g/mol. The van der Waals surface area contributed by atoms with Gasteiger partial charge in [0.15, 0.2) is 10.8 Å². The Hall–Kier alpha value is -0.850. The van der Waals surface area contributed by atoms with Gasteiger partial charge in [0, 0.05) is 28.8 Å². The fourth-order valence-corrected chi connectivity index (χ4v) is 4.21. The van der Waals surface area contributed by atoms with Crippen LogP contribution in [0.4, 0.5) is 5.82 Å². The molecule has 6 heteroatoms. The maximum absolute atomic E-state index is 4.76. The van der Waals surface area contributed by atoms with Crippen molar-refractivity contribution in [3.05, 3.63) is 39.7 Å². The second-order valence-electron chi connectivity index (χ2n) is 4.37. The molecule has 0 N–H and O–H groups in total. The van der Waals surface area contributed by atoms with Crippen molar-refractivity contribution >= 4 is 49.4 Å². The van der Waals surface area contributed by atoms with E-state index >= 15 is 0 Å². The number of hydrogen-bond donors (Lipinski definition) is 0. The van der Waals surface area contributed by atoms with E-state index in [0.717, 1.165) is 16.1 Å². The van der Waals surface area contributed by atoms with Crippen molar-refractivity contribution in [2.75, 3.05) is 11.9 Å². The van der Waals surface area contributed by atoms with Crippen LogP contribution in [-0.4, -0.2) is 16.4 Å². The number of thiophene rings is 1. The highest BCUT2D eigenvalue weighted by atomic mass is 79.9. The van der Waals surface area contributed by atoms with Gasteiger partial charge in [-0.3, -0.25) is 4.40 Å². The average Bonchev–Trinajstić information content (AvgIpc) is 3.12. The lowest BCUT2D eigenvalue weighted by Crippen LogP contribution is -2.22. The number of hydrogen-bond acceptors (Lipinski definition) is 4. The Morgan fingerprint density at radius 1 is 1.42 bits per heavy atom. The zero-order valence-electron chi connectivity index (χ0n) is 10.7. The molecule has 3 heterocycles. The van der Waals surface area contributed by atoms with E-state index in [1.807, 2.05) is 0 Å². The van der Waals surface area contributed by atoms with E-state index in [4.69, 9.17) is 4.98 Å². The van der Waals surface area contributed by atoms with E-state index in [2.05, 4.69) is 68.3 Å². The Morgan fingerprint density at radius 2 is 2.26 bits per heavy atom. The van der Waals surface area contributed by atoms with Crippen molar-refractivity contribution in [3.63, 3.8) is 0 Å². The summed E-state index contributed by atoms with van der Waals surface area (Å²) in [5, 5.41) is 5.00. The summed E-state index contributed by atoms with van der Waals surface area (Å²) in [7, 11) is 2.11. The number of rotatable bonds is 4. The molecule has 0 spiro atoms. The largest absolute Gasteiger partial charge is 0.351 e. The number of anilines is 1. The highest BCUT2D eigenvalue weighted by Gasteiger charge is 2.20. The monoisotopic (exact) mass is 355 g/mol. The maximum Gasteiger partial charge on any atom is 0.195 e. The van der Waals surface area contributed by atoms with E-state index in [1.165, 1.54) is 10.6 Å². The van der Waals surface area contributed by atoms with Gasteiger partial charge in [0.1, 0.15) is 0 Å². The van der Waals surface area contributed by atoms with Crippen molar-refractivity contribution < 1.29 is 0 Å². The summed E-state index contributed by atoms with van der Waals surface area (Å²) in [5.41, 5.74) is 1.21. The molecule has 1 atom stereocenters. The van der Waals surface area contributed by atoms with E-state index in [1.54, 1.807) is 22.7 Å². The zero-order chi connectivity index (χ0) is 13.4. The van der Waals surface area contributed by atoms with Crippen molar-refractivity contribution in [1.29, 1.82) is 0 Å². The van der Waals surface area contributed by atoms with E-state index in [-0.39, 0.29) is 0 Å². The molecule has 0 amide bonds. The van der Waals surface area contributed by atoms with E-state index in [9.17, 15) is 0 Å². The molecule has 0 aliphatic carbocycles. The summed E-state index contributed by atoms with van der Waals surface area (Å²) in [6.45, 7) is 2.22. The first-order chi connectivity index (χ1) is 9.22. The Balaban J connectivity index is 2.01. The standard InChI is InChI=1S/C13H14BrN3S2/c1-9(11-4-3-6-18-11)16(2)12-10(8-14)17-5-7-19-13(17)15-12/h3-7,9H,8H2,1-2H3. The van der Waals surface area contributed by atoms with Gasteiger partial charge in [0.05, 0.1) is 11.7 Å². The number of aromatic nitrogens is 2. The van der Waals surface area contributed by atoms with Crippen molar-refractivity contribution in [2.45, 2.75) is 18.3 Å². The third-order valence-corrected chi connectivity index (χ3v) is 5.67. The fourth-order valence-electron chi connectivity index (χ4n) is 2.13. The second kappa shape index (κ2) is 5.26. The Labute approximate surface area is 128 Å². The Bertz CT molecular complexity index is 671. The molecule has 1 unspecified atom stereocenters. The predicted molar refractivity (Wildman–Crippen MR) is 86.8 cm³/mol. The van der Waals surface area contributed by atoms with Crippen LogP contribution in [0.5, 0.6) is 0 Å². The lowest BCUT2D eigenvalue weighted by atomic mass is 10.2. The molecule has 3 aromatic heterocycles. The first kappa shape index (κ1) is 13.1. The van der Waals surface area contributed by atoms with Crippen LogP contribution in [0, 0.1) is 0 Å². The topological polar surface area (TPSA) is 20.5 Å². The highest BCUT2D eigenvalue weighted by molar-refractivity contribution is 9.08. The van der Waals surface area contributed by atoms with Gasteiger partial charge in [-0.25, -0.2) is 4.98 Å². The van der Waals surface area contributed by atoms with Crippen LogP contribution in [0.15, 0.2) is 29.1 Å². The summed E-state index contributed by atoms with van der Waals surface area (Å²) < 4.78 is 2.16. The lowest BCUT2D eigenvalue weighted by Gasteiger charge is -2.24. The predicted octanol–water partition coefficient (Wildman–Crippen LogP) is 4.55. The molecule has 0 bridgehead atoms. The van der Waals surface area contributed by atoms with Gasteiger partial charge in [-0.2, -0.15) is 0 Å². The summed E-state index contributed by atoms with van der Waals surface area (Å²) in [6.07, 6.45) is 2.08. The number of alkyl halides is 1. The van der Waals surface area contributed by atoms with Gasteiger partial charge in [-0.05, 0) is 18.4 Å². The minimum absolute atomic E-state index is 0.336. The van der Waals surface area contributed by atoms with Gasteiger partial charge >= 0.3 is 0 Å². The van der Waals surface area contributed by atoms with Crippen LogP contribution in [-0.2, 0) is 5.33 Å².